The van der Waals surface area contributed by atoms with Gasteiger partial charge in [0.1, 0.15) is 5.82 Å². The smallest absolute Gasteiger partial charge is 0.268 e. The molecular weight excluding hydrogens is 916 g/mol. The molecular formula is C54H42N4OPt-2. The molecule has 3 aromatic heterocycles. The van der Waals surface area contributed by atoms with Crippen molar-refractivity contribution in [3.8, 4) is 50.9 Å². The van der Waals surface area contributed by atoms with Crippen LogP contribution >= 0.6 is 0 Å². The molecule has 7 aromatic carbocycles. The van der Waals surface area contributed by atoms with E-state index in [0.717, 1.165) is 32.9 Å². The summed E-state index contributed by atoms with van der Waals surface area (Å²) in [5.41, 5.74) is 5.06. The van der Waals surface area contributed by atoms with Gasteiger partial charge in [0.05, 0.1) is 30.4 Å². The summed E-state index contributed by atoms with van der Waals surface area (Å²) in [6, 6.07) is 33.0. The summed E-state index contributed by atoms with van der Waals surface area (Å²) in [4.78, 5) is 4.77. The predicted octanol–water partition coefficient (Wildman–Crippen LogP) is 13.0. The second-order valence-corrected chi connectivity index (χ2v) is 14.6. The number of nitrogens with zero attached hydrogens (tertiary/aromatic N) is 4. The van der Waals surface area contributed by atoms with Crippen LogP contribution in [-0.2, 0) is 21.1 Å². The molecule has 1 atom stereocenters. The quantitative estimate of drug-likeness (QED) is 0.107. The van der Waals surface area contributed by atoms with Gasteiger partial charge in [-0.1, -0.05) is 141 Å². The molecule has 0 bridgehead atoms. The van der Waals surface area contributed by atoms with E-state index in [1.807, 2.05) is 105 Å². The molecule has 0 saturated carbocycles. The predicted molar refractivity (Wildman–Crippen MR) is 239 cm³/mol. The van der Waals surface area contributed by atoms with Crippen LogP contribution in [0.1, 0.15) is 52.9 Å². The van der Waals surface area contributed by atoms with Crippen molar-refractivity contribution in [2.75, 3.05) is 0 Å². The molecule has 0 fully saturated rings. The largest absolute Gasteiger partial charge is 0.510 e. The van der Waals surface area contributed by atoms with E-state index in [0.29, 0.717) is 34.0 Å². The standard InChI is InChI=1S/C54H42N4O.Pt/c1-36(2)38(4)41-30-31-55-52(32-41)58-49-26-12-11-23-47(49)48-29-28-44(34-51(48)58)59-43-22-14-21-42(33-43)56-35-57(53-37(3)16-13-27-50(53)56)54-45(39-17-7-5-8-18-39)24-15-25-46(54)40-19-9-6-10-20-40;/h5-32,36,38H,1-4H3;/q-2;/i5D,6D,7D,8D,9D,10D,17D,18D,19D,20D,38D;. The van der Waals surface area contributed by atoms with Crippen LogP contribution in [0.2, 0.25) is 0 Å². The topological polar surface area (TPSA) is 35.9 Å². The molecule has 0 aliphatic heterocycles. The Morgan fingerprint density at radius 2 is 1.37 bits per heavy atom. The van der Waals surface area contributed by atoms with E-state index in [2.05, 4.69) is 18.5 Å². The molecule has 0 radical (unpaired) electrons. The van der Waals surface area contributed by atoms with Gasteiger partial charge in [-0.2, -0.15) is 18.2 Å². The van der Waals surface area contributed by atoms with Gasteiger partial charge in [0.15, 0.2) is 0 Å². The van der Waals surface area contributed by atoms with Crippen molar-refractivity contribution < 1.29 is 45.4 Å². The minimum absolute atomic E-state index is 0. The van der Waals surface area contributed by atoms with Crippen molar-refractivity contribution in [2.24, 2.45) is 5.92 Å². The van der Waals surface area contributed by atoms with Crippen LogP contribution in [0.15, 0.2) is 170 Å². The first-order valence-electron chi connectivity index (χ1n) is 24.8. The number of aromatic nitrogens is 4. The number of hydrogen-bond donors (Lipinski definition) is 0. The van der Waals surface area contributed by atoms with Crippen LogP contribution < -0.4 is 9.30 Å². The van der Waals surface area contributed by atoms with Gasteiger partial charge in [-0.15, -0.1) is 29.7 Å². The fraction of sp³-hybridized carbons (Fsp3) is 0.111. The van der Waals surface area contributed by atoms with E-state index >= 15 is 0 Å². The van der Waals surface area contributed by atoms with Crippen LogP contribution in [0.5, 0.6) is 11.5 Å². The third-order valence-corrected chi connectivity index (χ3v) is 10.7. The Morgan fingerprint density at radius 1 is 0.700 bits per heavy atom. The third-order valence-electron chi connectivity index (χ3n) is 10.7. The van der Waals surface area contributed by atoms with Crippen LogP contribution in [0.4, 0.5) is 0 Å². The van der Waals surface area contributed by atoms with Crippen molar-refractivity contribution in [2.45, 2.75) is 33.6 Å². The Labute approximate surface area is 380 Å². The number of para-hydroxylation sites is 3. The summed E-state index contributed by atoms with van der Waals surface area (Å²) in [5.74, 6) is 0.586. The number of benzene rings is 7. The maximum Gasteiger partial charge on any atom is 0.268 e. The molecule has 0 N–H and O–H groups in total. The van der Waals surface area contributed by atoms with Crippen molar-refractivity contribution >= 4 is 32.8 Å². The summed E-state index contributed by atoms with van der Waals surface area (Å²) < 4.78 is 108. The molecule has 5 nitrogen and oxygen atoms in total. The number of fused-ring (bicyclic) bond motifs is 4. The van der Waals surface area contributed by atoms with Gasteiger partial charge < -0.3 is 13.9 Å². The molecule has 10 rings (SSSR count). The second kappa shape index (κ2) is 16.2. The molecule has 0 spiro atoms. The minimum atomic E-state index is -0.851. The third kappa shape index (κ3) is 6.93. The van der Waals surface area contributed by atoms with Gasteiger partial charge in [-0.3, -0.25) is 4.57 Å². The fourth-order valence-corrected chi connectivity index (χ4v) is 7.66. The van der Waals surface area contributed by atoms with E-state index in [1.165, 1.54) is 0 Å². The monoisotopic (exact) mass is 968 g/mol. The first kappa shape index (κ1) is 28.0. The molecule has 0 saturated heterocycles. The number of aryl methyl sites for hydroxylation is 1. The average Bonchev–Trinajstić information content (AvgIpc) is 3.91. The molecule has 6 heteroatoms. The van der Waals surface area contributed by atoms with E-state index in [4.69, 9.17) is 24.8 Å². The first-order valence-corrected chi connectivity index (χ1v) is 19.3. The Bertz CT molecular complexity index is 3670. The molecule has 60 heavy (non-hydrogen) atoms. The number of ether oxygens (including phenoxy) is 1. The second-order valence-electron chi connectivity index (χ2n) is 14.6. The van der Waals surface area contributed by atoms with Gasteiger partial charge >= 0.3 is 0 Å². The Kier molecular flexibility index (Phi) is 7.58. The fourth-order valence-electron chi connectivity index (χ4n) is 7.66. The summed E-state index contributed by atoms with van der Waals surface area (Å²) in [7, 11) is 0. The minimum Gasteiger partial charge on any atom is -0.510 e. The van der Waals surface area contributed by atoms with Crippen LogP contribution in [-0.4, -0.2) is 14.1 Å². The van der Waals surface area contributed by atoms with E-state index < -0.39 is 66.3 Å². The van der Waals surface area contributed by atoms with Gasteiger partial charge in [-0.25, -0.2) is 4.98 Å². The van der Waals surface area contributed by atoms with Crippen molar-refractivity contribution in [3.63, 3.8) is 0 Å². The maximum atomic E-state index is 9.13. The number of rotatable bonds is 9. The average molecular weight is 969 g/mol. The van der Waals surface area contributed by atoms with Gasteiger partial charge in [-0.05, 0) is 81.4 Å². The first-order chi connectivity index (χ1) is 33.4. The molecule has 0 aliphatic carbocycles. The van der Waals surface area contributed by atoms with Crippen LogP contribution in [0.25, 0.3) is 72.3 Å². The molecule has 3 heterocycles. The zero-order chi connectivity index (χ0) is 49.7. The maximum absolute atomic E-state index is 9.13. The van der Waals surface area contributed by atoms with E-state index in [9.17, 15) is 0 Å². The molecule has 1 unspecified atom stereocenters. The molecule has 10 aromatic rings. The summed E-state index contributed by atoms with van der Waals surface area (Å²) in [5, 5.41) is 1.94. The molecule has 296 valence electrons. The molecule has 0 aliphatic rings. The SMILES string of the molecule is [2H]c1c([2H])c([2H])c(-c2cccc(-c3c([2H])c([2H])c([2H])c([2H])c3[2H])c2-[n+]2[c-]n(-c3[c-]c(Oc4[c-]c5c(cc4)c4ccccc4n5-c4cc(C([2H])(C)C(C)C)ccn4)ccc3)c3cccc(C)c32)c([2H])c1[2H].[Pt]. The summed E-state index contributed by atoms with van der Waals surface area (Å²) in [6.07, 6.45) is 5.16. The van der Waals surface area contributed by atoms with Gasteiger partial charge in [0.25, 0.3) is 6.33 Å². The zero-order valence-corrected chi connectivity index (χ0v) is 35.3. The van der Waals surface area contributed by atoms with Crippen molar-refractivity contribution in [1.82, 2.24) is 14.1 Å². The summed E-state index contributed by atoms with van der Waals surface area (Å²) in [6.45, 7) is 7.85. The van der Waals surface area contributed by atoms with Gasteiger partial charge in [0, 0.05) is 45.6 Å². The molecule has 0 amide bonds. The Hall–Kier alpha value is -6.55. The Balaban J connectivity index is 0.00000624. The number of pyridine rings is 1. The van der Waals surface area contributed by atoms with E-state index in [1.54, 1.807) is 45.7 Å². The number of imidazole rings is 1. The van der Waals surface area contributed by atoms with E-state index in [-0.39, 0.29) is 54.9 Å². The van der Waals surface area contributed by atoms with Crippen LogP contribution in [0, 0.1) is 31.3 Å². The van der Waals surface area contributed by atoms with Crippen molar-refractivity contribution in [1.29, 1.82) is 0 Å². The van der Waals surface area contributed by atoms with Crippen LogP contribution in [0.3, 0.4) is 0 Å². The Morgan fingerprint density at radius 3 is 2.10 bits per heavy atom. The van der Waals surface area contributed by atoms with Gasteiger partial charge in [0.2, 0.25) is 0 Å². The number of hydrogen-bond acceptors (Lipinski definition) is 2. The van der Waals surface area contributed by atoms with Crippen molar-refractivity contribution in [3.05, 3.63) is 199 Å². The zero-order valence-electron chi connectivity index (χ0n) is 44.0. The normalized spacial score (nSPS) is 15.1. The summed E-state index contributed by atoms with van der Waals surface area (Å²) >= 11 is 0.